The van der Waals surface area contributed by atoms with E-state index in [1.807, 2.05) is 18.8 Å². The van der Waals surface area contributed by atoms with Crippen LogP contribution in [0.25, 0.3) is 0 Å². The Morgan fingerprint density at radius 2 is 2.17 bits per heavy atom. The molecule has 1 aromatic heterocycles. The van der Waals surface area contributed by atoms with E-state index in [9.17, 15) is 0 Å². The second kappa shape index (κ2) is 5.59. The Bertz CT molecular complexity index is 389. The van der Waals surface area contributed by atoms with Crippen molar-refractivity contribution in [3.8, 4) is 0 Å². The Kier molecular flexibility index (Phi) is 4.29. The molecule has 1 aliphatic heterocycles. The Labute approximate surface area is 112 Å². The molecule has 102 valence electrons. The quantitative estimate of drug-likeness (QED) is 0.901. The first kappa shape index (κ1) is 13.8. The largest absolute Gasteiger partial charge is 0.379 e. The van der Waals surface area contributed by atoms with Gasteiger partial charge in [0.15, 0.2) is 5.82 Å². The van der Waals surface area contributed by atoms with Crippen molar-refractivity contribution < 1.29 is 9.26 Å². The predicted molar refractivity (Wildman–Crippen MR) is 71.8 cm³/mol. The Hall–Kier alpha value is -0.590. The number of hydrogen-bond acceptors (Lipinski definition) is 6. The highest BCUT2D eigenvalue weighted by Gasteiger charge is 2.32. The molecule has 0 aromatic carbocycles. The summed E-state index contributed by atoms with van der Waals surface area (Å²) in [4.78, 5) is 4.47. The molecule has 1 aromatic rings. The number of aromatic nitrogens is 2. The lowest BCUT2D eigenvalue weighted by Crippen LogP contribution is -2.31. The van der Waals surface area contributed by atoms with Gasteiger partial charge in [0.25, 0.3) is 0 Å². The second-order valence-electron chi connectivity index (χ2n) is 5.49. The molecule has 1 aliphatic rings. The zero-order valence-electron chi connectivity index (χ0n) is 11.4. The van der Waals surface area contributed by atoms with Gasteiger partial charge in [-0.3, -0.25) is 0 Å². The van der Waals surface area contributed by atoms with Crippen LogP contribution < -0.4 is 5.32 Å². The van der Waals surface area contributed by atoms with Crippen LogP contribution in [-0.2, 0) is 10.5 Å². The third-order valence-corrected chi connectivity index (χ3v) is 4.16. The van der Waals surface area contributed by atoms with Crippen LogP contribution >= 0.6 is 11.8 Å². The van der Waals surface area contributed by atoms with Gasteiger partial charge < -0.3 is 14.6 Å². The van der Waals surface area contributed by atoms with Crippen molar-refractivity contribution in [3.63, 3.8) is 0 Å². The van der Waals surface area contributed by atoms with Gasteiger partial charge in [-0.25, -0.2) is 0 Å². The van der Waals surface area contributed by atoms with Crippen LogP contribution in [0.15, 0.2) is 4.52 Å². The molecule has 1 saturated heterocycles. The highest BCUT2D eigenvalue weighted by Crippen LogP contribution is 2.28. The van der Waals surface area contributed by atoms with Crippen molar-refractivity contribution in [2.24, 2.45) is 0 Å². The molecule has 2 atom stereocenters. The molecule has 0 bridgehead atoms. The summed E-state index contributed by atoms with van der Waals surface area (Å²) in [6, 6.07) is 0.272. The van der Waals surface area contributed by atoms with Gasteiger partial charge in [0.2, 0.25) is 5.89 Å². The lowest BCUT2D eigenvalue weighted by atomic mass is 10.0. The molecule has 0 amide bonds. The summed E-state index contributed by atoms with van der Waals surface area (Å²) in [5.41, 5.74) is 0. The SMILES string of the molecule is CNC1COCC1c1nc(CSC(C)(C)C)no1. The minimum Gasteiger partial charge on any atom is -0.379 e. The average molecular weight is 271 g/mol. The number of ether oxygens (including phenoxy) is 1. The molecule has 0 spiro atoms. The molecule has 0 aliphatic carbocycles. The maximum absolute atomic E-state index is 5.44. The van der Waals surface area contributed by atoms with Gasteiger partial charge in [-0.15, -0.1) is 11.8 Å². The van der Waals surface area contributed by atoms with Gasteiger partial charge in [-0.1, -0.05) is 25.9 Å². The first-order chi connectivity index (χ1) is 8.49. The van der Waals surface area contributed by atoms with E-state index < -0.39 is 0 Å². The third kappa shape index (κ3) is 3.46. The first-order valence-electron chi connectivity index (χ1n) is 6.21. The van der Waals surface area contributed by atoms with E-state index in [2.05, 4.69) is 36.2 Å². The van der Waals surface area contributed by atoms with Crippen molar-refractivity contribution in [3.05, 3.63) is 11.7 Å². The van der Waals surface area contributed by atoms with Crippen molar-refractivity contribution >= 4 is 11.8 Å². The molecular formula is C12H21N3O2S. The van der Waals surface area contributed by atoms with Crippen LogP contribution in [-0.4, -0.2) is 41.2 Å². The van der Waals surface area contributed by atoms with Crippen LogP contribution in [0.5, 0.6) is 0 Å². The maximum atomic E-state index is 5.44. The van der Waals surface area contributed by atoms with Crippen LogP contribution in [0, 0.1) is 0 Å². The Balaban J connectivity index is 1.97. The topological polar surface area (TPSA) is 60.2 Å². The minimum absolute atomic E-state index is 0.177. The van der Waals surface area contributed by atoms with E-state index in [0.717, 1.165) is 11.6 Å². The molecule has 2 heterocycles. The minimum atomic E-state index is 0.177. The number of likely N-dealkylation sites (N-methyl/N-ethyl adjacent to an activating group) is 1. The lowest BCUT2D eigenvalue weighted by molar-refractivity contribution is 0.185. The number of nitrogens with one attached hydrogen (secondary N) is 1. The van der Waals surface area contributed by atoms with Crippen LogP contribution in [0.4, 0.5) is 0 Å². The number of nitrogens with zero attached hydrogens (tertiary/aromatic N) is 2. The fourth-order valence-corrected chi connectivity index (χ4v) is 2.52. The molecule has 18 heavy (non-hydrogen) atoms. The summed E-state index contributed by atoms with van der Waals surface area (Å²) < 4.78 is 11.0. The van der Waals surface area contributed by atoms with E-state index >= 15 is 0 Å². The summed E-state index contributed by atoms with van der Waals surface area (Å²) in [6.07, 6.45) is 0. The summed E-state index contributed by atoms with van der Waals surface area (Å²) in [5, 5.41) is 7.26. The molecule has 6 heteroatoms. The third-order valence-electron chi connectivity index (χ3n) is 2.89. The van der Waals surface area contributed by atoms with Gasteiger partial charge in [0, 0.05) is 10.8 Å². The van der Waals surface area contributed by atoms with E-state index in [4.69, 9.17) is 9.26 Å². The van der Waals surface area contributed by atoms with E-state index in [-0.39, 0.29) is 16.7 Å². The second-order valence-corrected chi connectivity index (χ2v) is 7.29. The van der Waals surface area contributed by atoms with E-state index in [1.165, 1.54) is 0 Å². The van der Waals surface area contributed by atoms with Crippen molar-refractivity contribution in [2.45, 2.75) is 43.2 Å². The van der Waals surface area contributed by atoms with Gasteiger partial charge in [0.1, 0.15) is 0 Å². The molecule has 5 nitrogen and oxygen atoms in total. The molecule has 0 saturated carbocycles. The molecule has 1 N–H and O–H groups in total. The van der Waals surface area contributed by atoms with E-state index in [1.54, 1.807) is 0 Å². The van der Waals surface area contributed by atoms with Crippen molar-refractivity contribution in [2.75, 3.05) is 20.3 Å². The summed E-state index contributed by atoms with van der Waals surface area (Å²) in [5.74, 6) is 2.42. The highest BCUT2D eigenvalue weighted by molar-refractivity contribution is 7.99. The first-order valence-corrected chi connectivity index (χ1v) is 7.19. The molecule has 0 radical (unpaired) electrons. The standard InChI is InChI=1S/C12H21N3O2S/c1-12(2,3)18-7-10-14-11(17-15-10)8-5-16-6-9(8)13-4/h8-9,13H,5-7H2,1-4H3. The smallest absolute Gasteiger partial charge is 0.233 e. The Morgan fingerprint density at radius 3 is 2.83 bits per heavy atom. The molecule has 1 fully saturated rings. The predicted octanol–water partition coefficient (Wildman–Crippen LogP) is 1.80. The Morgan fingerprint density at radius 1 is 1.39 bits per heavy atom. The molecular weight excluding hydrogens is 250 g/mol. The lowest BCUT2D eigenvalue weighted by Gasteiger charge is -2.15. The van der Waals surface area contributed by atoms with E-state index in [0.29, 0.717) is 19.1 Å². The summed E-state index contributed by atoms with van der Waals surface area (Å²) in [7, 11) is 1.93. The van der Waals surface area contributed by atoms with Crippen LogP contribution in [0.1, 0.15) is 38.4 Å². The van der Waals surface area contributed by atoms with Gasteiger partial charge in [-0.05, 0) is 7.05 Å². The van der Waals surface area contributed by atoms with Gasteiger partial charge in [-0.2, -0.15) is 4.98 Å². The maximum Gasteiger partial charge on any atom is 0.233 e. The molecule has 2 unspecified atom stereocenters. The molecule has 2 rings (SSSR count). The van der Waals surface area contributed by atoms with Crippen molar-refractivity contribution in [1.29, 1.82) is 0 Å². The normalized spacial score (nSPS) is 24.7. The number of thioether (sulfide) groups is 1. The van der Waals surface area contributed by atoms with Crippen molar-refractivity contribution in [1.82, 2.24) is 15.5 Å². The zero-order chi connectivity index (χ0) is 13.2. The van der Waals surface area contributed by atoms with Gasteiger partial charge in [0.05, 0.1) is 24.9 Å². The fourth-order valence-electron chi connectivity index (χ4n) is 1.84. The zero-order valence-corrected chi connectivity index (χ0v) is 12.2. The van der Waals surface area contributed by atoms with Crippen LogP contribution in [0.2, 0.25) is 0 Å². The van der Waals surface area contributed by atoms with Gasteiger partial charge >= 0.3 is 0 Å². The summed E-state index contributed by atoms with van der Waals surface area (Å²) in [6.45, 7) is 7.90. The number of hydrogen-bond donors (Lipinski definition) is 1. The summed E-state index contributed by atoms with van der Waals surface area (Å²) >= 11 is 1.82. The fraction of sp³-hybridized carbons (Fsp3) is 0.833. The highest BCUT2D eigenvalue weighted by atomic mass is 32.2. The monoisotopic (exact) mass is 271 g/mol. The van der Waals surface area contributed by atoms with Crippen LogP contribution in [0.3, 0.4) is 0 Å². The average Bonchev–Trinajstić information content (AvgIpc) is 2.93. The number of rotatable bonds is 4.